The summed E-state index contributed by atoms with van der Waals surface area (Å²) in [7, 11) is 0. The number of benzene rings is 5. The average molecular weight is 693 g/mol. The van der Waals surface area contributed by atoms with Crippen molar-refractivity contribution in [3.05, 3.63) is 135 Å². The SMILES string of the molecule is O=C(O)[C@@H]1C[C@@H](O)CN1Cc1ccc(OCc2cccc(-c3ccccc3)c2Br)cc1Oc1cc(=O)oc2c1ccc1ccccc12. The second-order valence-corrected chi connectivity index (χ2v) is 12.4. The van der Waals surface area contributed by atoms with Crippen LogP contribution in [-0.2, 0) is 17.9 Å². The Bertz CT molecular complexity index is 2160. The predicted molar refractivity (Wildman–Crippen MR) is 183 cm³/mol. The van der Waals surface area contributed by atoms with E-state index in [-0.39, 0.29) is 26.1 Å². The van der Waals surface area contributed by atoms with E-state index in [9.17, 15) is 19.8 Å². The van der Waals surface area contributed by atoms with Gasteiger partial charge in [0.2, 0.25) is 0 Å². The molecule has 1 aliphatic heterocycles. The van der Waals surface area contributed by atoms with Gasteiger partial charge in [-0.3, -0.25) is 9.69 Å². The van der Waals surface area contributed by atoms with Crippen LogP contribution in [0, 0.1) is 0 Å². The van der Waals surface area contributed by atoms with E-state index in [2.05, 4.69) is 28.1 Å². The molecule has 0 radical (unpaired) electrons. The molecule has 236 valence electrons. The van der Waals surface area contributed by atoms with Gasteiger partial charge in [0.25, 0.3) is 0 Å². The lowest BCUT2D eigenvalue weighted by atomic mass is 10.0. The summed E-state index contributed by atoms with van der Waals surface area (Å²) in [4.78, 5) is 26.5. The number of ether oxygens (including phenoxy) is 2. The van der Waals surface area contributed by atoms with Gasteiger partial charge in [0.05, 0.1) is 17.6 Å². The summed E-state index contributed by atoms with van der Waals surface area (Å²) >= 11 is 3.76. The number of hydrogen-bond donors (Lipinski definition) is 2. The number of likely N-dealkylation sites (tertiary alicyclic amines) is 1. The highest BCUT2D eigenvalue weighted by molar-refractivity contribution is 9.10. The summed E-state index contributed by atoms with van der Waals surface area (Å²) < 4.78 is 19.3. The van der Waals surface area contributed by atoms with E-state index in [4.69, 9.17) is 13.9 Å². The minimum atomic E-state index is -0.995. The summed E-state index contributed by atoms with van der Waals surface area (Å²) in [6.45, 7) is 0.685. The lowest BCUT2D eigenvalue weighted by molar-refractivity contribution is -0.142. The molecule has 2 N–H and O–H groups in total. The highest BCUT2D eigenvalue weighted by atomic mass is 79.9. The predicted octanol–water partition coefficient (Wildman–Crippen LogP) is 7.77. The number of halogens is 1. The minimum Gasteiger partial charge on any atom is -0.489 e. The topological polar surface area (TPSA) is 109 Å². The molecule has 1 fully saturated rings. The molecule has 47 heavy (non-hydrogen) atoms. The Kier molecular flexibility index (Phi) is 8.51. The first-order valence-electron chi connectivity index (χ1n) is 15.2. The van der Waals surface area contributed by atoms with Crippen molar-refractivity contribution in [2.75, 3.05) is 6.54 Å². The third-order valence-corrected chi connectivity index (χ3v) is 9.39. The molecule has 0 unspecified atom stereocenters. The molecule has 0 amide bonds. The van der Waals surface area contributed by atoms with Crippen LogP contribution in [0.3, 0.4) is 0 Å². The number of β-amino-alcohol motifs (C(OH)–C–C–N with tert-alkyl or cyclic N) is 1. The molecule has 8 nitrogen and oxygen atoms in total. The van der Waals surface area contributed by atoms with Crippen molar-refractivity contribution in [1.29, 1.82) is 0 Å². The van der Waals surface area contributed by atoms with Gasteiger partial charge in [0, 0.05) is 46.6 Å². The molecule has 0 aliphatic carbocycles. The highest BCUT2D eigenvalue weighted by Gasteiger charge is 2.36. The average Bonchev–Trinajstić information content (AvgIpc) is 3.45. The van der Waals surface area contributed by atoms with E-state index >= 15 is 0 Å². The zero-order valence-electron chi connectivity index (χ0n) is 25.1. The maximum atomic E-state index is 12.8. The molecule has 0 bridgehead atoms. The molecule has 2 atom stereocenters. The summed E-state index contributed by atoms with van der Waals surface area (Å²) in [6.07, 6.45) is -0.606. The molecule has 0 saturated carbocycles. The van der Waals surface area contributed by atoms with Gasteiger partial charge in [-0.25, -0.2) is 4.79 Å². The van der Waals surface area contributed by atoms with Gasteiger partial charge in [-0.1, -0.05) is 84.9 Å². The Balaban J connectivity index is 1.24. The number of aliphatic hydroxyl groups excluding tert-OH is 1. The summed E-state index contributed by atoms with van der Waals surface area (Å²) in [5, 5.41) is 22.4. The number of hydrogen-bond acceptors (Lipinski definition) is 7. The Morgan fingerprint density at radius 3 is 2.51 bits per heavy atom. The number of aliphatic hydroxyl groups is 1. The summed E-state index contributed by atoms with van der Waals surface area (Å²) in [6, 6.07) is 33.4. The van der Waals surface area contributed by atoms with Crippen molar-refractivity contribution in [3.8, 4) is 28.4 Å². The van der Waals surface area contributed by atoms with Crippen LogP contribution in [0.1, 0.15) is 17.5 Å². The number of fused-ring (bicyclic) bond motifs is 3. The standard InChI is InChI=1S/C38H30BrNO7/c39-36-26(10-6-12-29(36)23-7-2-1-3-8-23)22-45-28-15-13-25(20-40-21-27(41)17-32(40)38(43)44)33(18-28)46-34-19-35(42)47-37-30-11-5-4-9-24(30)14-16-31(34)37/h1-16,18-19,27,32,41H,17,20-22H2,(H,43,44)/t27-,32+/m1/s1. The highest BCUT2D eigenvalue weighted by Crippen LogP contribution is 2.37. The van der Waals surface area contributed by atoms with Gasteiger partial charge in [-0.2, -0.15) is 0 Å². The zero-order valence-corrected chi connectivity index (χ0v) is 26.7. The van der Waals surface area contributed by atoms with E-state index in [1.807, 2.05) is 84.9 Å². The quantitative estimate of drug-likeness (QED) is 0.117. The Morgan fingerprint density at radius 2 is 1.68 bits per heavy atom. The molecule has 5 aromatic carbocycles. The first-order chi connectivity index (χ1) is 22.8. The van der Waals surface area contributed by atoms with E-state index in [1.54, 1.807) is 11.0 Å². The van der Waals surface area contributed by atoms with Gasteiger partial charge < -0.3 is 24.1 Å². The molecular formula is C38H30BrNO7. The number of carboxylic acid groups (broad SMARTS) is 1. The fraction of sp³-hybridized carbons (Fsp3) is 0.158. The van der Waals surface area contributed by atoms with Crippen molar-refractivity contribution in [2.24, 2.45) is 0 Å². The van der Waals surface area contributed by atoms with E-state index in [0.717, 1.165) is 31.9 Å². The van der Waals surface area contributed by atoms with Crippen molar-refractivity contribution < 1.29 is 28.9 Å². The normalized spacial score (nSPS) is 16.5. The number of carbonyl (C=O) groups is 1. The Morgan fingerprint density at radius 1 is 0.872 bits per heavy atom. The Labute approximate surface area is 278 Å². The van der Waals surface area contributed by atoms with E-state index in [1.165, 1.54) is 6.07 Å². The maximum absolute atomic E-state index is 12.8. The smallest absolute Gasteiger partial charge is 0.339 e. The van der Waals surface area contributed by atoms with Gasteiger partial charge in [0.15, 0.2) is 0 Å². The minimum absolute atomic E-state index is 0.140. The molecule has 1 aromatic heterocycles. The number of rotatable bonds is 9. The van der Waals surface area contributed by atoms with Crippen LogP contribution in [0.4, 0.5) is 0 Å². The van der Waals surface area contributed by atoms with E-state index < -0.39 is 23.7 Å². The molecule has 1 aliphatic rings. The van der Waals surface area contributed by atoms with Gasteiger partial charge in [-0.15, -0.1) is 0 Å². The molecule has 7 rings (SSSR count). The molecule has 6 aromatic rings. The fourth-order valence-corrected chi connectivity index (χ4v) is 6.75. The second-order valence-electron chi connectivity index (χ2n) is 11.6. The second kappa shape index (κ2) is 13.0. The third kappa shape index (κ3) is 6.38. The third-order valence-electron chi connectivity index (χ3n) is 8.45. The van der Waals surface area contributed by atoms with Crippen LogP contribution in [0.5, 0.6) is 17.2 Å². The molecule has 9 heteroatoms. The van der Waals surface area contributed by atoms with Crippen LogP contribution in [-0.4, -0.2) is 39.8 Å². The lowest BCUT2D eigenvalue weighted by Crippen LogP contribution is -2.35. The van der Waals surface area contributed by atoms with Gasteiger partial charge in [0.1, 0.15) is 35.5 Å². The number of aliphatic carboxylic acids is 1. The van der Waals surface area contributed by atoms with Crippen molar-refractivity contribution in [3.63, 3.8) is 0 Å². The van der Waals surface area contributed by atoms with Crippen LogP contribution in [0.2, 0.25) is 0 Å². The number of carboxylic acids is 1. The first-order valence-corrected chi connectivity index (χ1v) is 16.0. The Hall–Kier alpha value is -4.96. The summed E-state index contributed by atoms with van der Waals surface area (Å²) in [5.74, 6) is 0.223. The van der Waals surface area contributed by atoms with Crippen molar-refractivity contribution in [1.82, 2.24) is 4.90 Å². The van der Waals surface area contributed by atoms with Crippen LogP contribution < -0.4 is 15.1 Å². The first kappa shape index (κ1) is 30.7. The van der Waals surface area contributed by atoms with E-state index in [0.29, 0.717) is 33.8 Å². The van der Waals surface area contributed by atoms with Crippen LogP contribution >= 0.6 is 15.9 Å². The molecular weight excluding hydrogens is 662 g/mol. The molecule has 2 heterocycles. The maximum Gasteiger partial charge on any atom is 0.339 e. The van der Waals surface area contributed by atoms with Gasteiger partial charge in [-0.05, 0) is 44.6 Å². The molecule has 1 saturated heterocycles. The van der Waals surface area contributed by atoms with Crippen molar-refractivity contribution >= 4 is 43.6 Å². The number of nitrogens with zero attached hydrogens (tertiary/aromatic N) is 1. The van der Waals surface area contributed by atoms with Gasteiger partial charge >= 0.3 is 11.6 Å². The van der Waals surface area contributed by atoms with Crippen LogP contribution in [0.15, 0.2) is 123 Å². The van der Waals surface area contributed by atoms with Crippen LogP contribution in [0.25, 0.3) is 32.9 Å². The summed E-state index contributed by atoms with van der Waals surface area (Å²) in [5.41, 5.74) is 3.61. The largest absolute Gasteiger partial charge is 0.489 e. The monoisotopic (exact) mass is 691 g/mol. The zero-order chi connectivity index (χ0) is 32.5. The molecule has 0 spiro atoms. The van der Waals surface area contributed by atoms with Crippen molar-refractivity contribution in [2.45, 2.75) is 31.7 Å². The lowest BCUT2D eigenvalue weighted by Gasteiger charge is -2.23. The fourth-order valence-electron chi connectivity index (χ4n) is 6.14.